The second-order valence-electron chi connectivity index (χ2n) is 10.2. The molecule has 4 aromatic rings. The zero-order valence-electron chi connectivity index (χ0n) is 23.9. The molecular formula is C32H33N3O7. The van der Waals surface area contributed by atoms with E-state index in [2.05, 4.69) is 10.5 Å². The lowest BCUT2D eigenvalue weighted by Gasteiger charge is -2.23. The number of carboxylic acids is 1. The Hall–Kier alpha value is -5.12. The van der Waals surface area contributed by atoms with E-state index in [0.717, 1.165) is 16.0 Å². The molecule has 218 valence electrons. The van der Waals surface area contributed by atoms with Gasteiger partial charge in [-0.15, -0.1) is 0 Å². The molecular weight excluding hydrogens is 538 g/mol. The molecule has 3 amide bonds. The van der Waals surface area contributed by atoms with E-state index in [0.29, 0.717) is 34.9 Å². The number of aromatic nitrogens is 1. The molecule has 10 nitrogen and oxygen atoms in total. The van der Waals surface area contributed by atoms with Crippen molar-refractivity contribution in [3.05, 3.63) is 102 Å². The van der Waals surface area contributed by atoms with Crippen LogP contribution in [0.2, 0.25) is 0 Å². The van der Waals surface area contributed by atoms with Gasteiger partial charge in [0.2, 0.25) is 0 Å². The minimum Gasteiger partial charge on any atom is -0.478 e. The highest BCUT2D eigenvalue weighted by Gasteiger charge is 2.30. The lowest BCUT2D eigenvalue weighted by Crippen LogP contribution is -2.40. The Morgan fingerprint density at radius 1 is 1.00 bits per heavy atom. The van der Waals surface area contributed by atoms with E-state index in [-0.39, 0.29) is 6.54 Å². The summed E-state index contributed by atoms with van der Waals surface area (Å²) in [5.41, 5.74) is 2.13. The maximum Gasteiger partial charge on any atom is 0.419 e. The molecule has 4 rings (SSSR count). The number of nitrogens with zero attached hydrogens (tertiary/aromatic N) is 2. The largest absolute Gasteiger partial charge is 0.478 e. The van der Waals surface area contributed by atoms with Crippen LogP contribution >= 0.6 is 0 Å². The number of imide groups is 1. The normalized spacial score (nSPS) is 11.8. The van der Waals surface area contributed by atoms with Gasteiger partial charge in [-0.05, 0) is 69.2 Å². The molecule has 42 heavy (non-hydrogen) atoms. The van der Waals surface area contributed by atoms with Crippen molar-refractivity contribution in [2.75, 3.05) is 5.32 Å². The van der Waals surface area contributed by atoms with E-state index in [4.69, 9.17) is 14.0 Å². The van der Waals surface area contributed by atoms with Crippen LogP contribution in [0.3, 0.4) is 0 Å². The van der Waals surface area contributed by atoms with Crippen LogP contribution in [-0.2, 0) is 16.1 Å². The van der Waals surface area contributed by atoms with Gasteiger partial charge in [-0.3, -0.25) is 0 Å². The first kappa shape index (κ1) is 29.9. The number of nitrogens with one attached hydrogen (secondary N) is 1. The van der Waals surface area contributed by atoms with Crippen LogP contribution in [0.1, 0.15) is 50.2 Å². The molecule has 1 heterocycles. The third-order valence-corrected chi connectivity index (χ3v) is 6.45. The average molecular weight is 572 g/mol. The number of urea groups is 1. The number of aliphatic carboxylic acids is 1. The van der Waals surface area contributed by atoms with Crippen LogP contribution in [0.15, 0.2) is 89.5 Å². The Balaban J connectivity index is 1.49. The highest BCUT2D eigenvalue weighted by molar-refractivity contribution is 5.99. The number of carbonyl (C=O) groups is 3. The Labute approximate surface area is 243 Å². The van der Waals surface area contributed by atoms with E-state index in [1.54, 1.807) is 42.5 Å². The molecule has 0 aliphatic heterocycles. The molecule has 10 heteroatoms. The van der Waals surface area contributed by atoms with Crippen LogP contribution in [0.5, 0.6) is 5.75 Å². The van der Waals surface area contributed by atoms with Crippen molar-refractivity contribution in [1.82, 2.24) is 10.1 Å². The first-order chi connectivity index (χ1) is 20.1. The quantitative estimate of drug-likeness (QED) is 0.204. The number of ether oxygens (including phenoxy) is 2. The van der Waals surface area contributed by atoms with E-state index in [1.165, 1.54) is 13.8 Å². The third kappa shape index (κ3) is 7.54. The second-order valence-corrected chi connectivity index (χ2v) is 10.2. The number of hydrogen-bond acceptors (Lipinski definition) is 7. The summed E-state index contributed by atoms with van der Waals surface area (Å²) < 4.78 is 16.8. The van der Waals surface area contributed by atoms with Crippen molar-refractivity contribution in [3.8, 4) is 17.0 Å². The van der Waals surface area contributed by atoms with Gasteiger partial charge in [0.15, 0.2) is 17.5 Å². The van der Waals surface area contributed by atoms with Crippen molar-refractivity contribution < 1.29 is 33.5 Å². The topological polar surface area (TPSA) is 131 Å². The van der Waals surface area contributed by atoms with Gasteiger partial charge in [0.05, 0.1) is 6.54 Å². The predicted octanol–water partition coefficient (Wildman–Crippen LogP) is 7.21. The van der Waals surface area contributed by atoms with Gasteiger partial charge in [-0.25, -0.2) is 19.3 Å². The summed E-state index contributed by atoms with van der Waals surface area (Å²) >= 11 is 0. The third-order valence-electron chi connectivity index (χ3n) is 6.45. The fourth-order valence-electron chi connectivity index (χ4n) is 3.95. The summed E-state index contributed by atoms with van der Waals surface area (Å²) in [5, 5.41) is 16.2. The van der Waals surface area contributed by atoms with Crippen molar-refractivity contribution in [2.24, 2.45) is 0 Å². The van der Waals surface area contributed by atoms with Gasteiger partial charge in [0, 0.05) is 17.3 Å². The summed E-state index contributed by atoms with van der Waals surface area (Å²) in [4.78, 5) is 39.0. The number of carboxylic acid groups (broad SMARTS) is 1. The van der Waals surface area contributed by atoms with Crippen LogP contribution in [0, 0.1) is 6.92 Å². The van der Waals surface area contributed by atoms with E-state index >= 15 is 0 Å². The highest BCUT2D eigenvalue weighted by Crippen LogP contribution is 2.29. The number of aryl methyl sites for hydroxylation is 1. The smallest absolute Gasteiger partial charge is 0.419 e. The zero-order chi connectivity index (χ0) is 30.3. The second kappa shape index (κ2) is 13.0. The molecule has 1 atom stereocenters. The molecule has 0 saturated heterocycles. The summed E-state index contributed by atoms with van der Waals surface area (Å²) in [6.07, 6.45) is -1.27. The SMILES string of the molecule is CCC(OC(=O)N(Cc1ccccc1)C(=O)Nc1ccc(C)cc1)c1cc(-c2ccc(OC(C)(C)C(=O)O)cc2)no1. The first-order valence-electron chi connectivity index (χ1n) is 13.4. The molecule has 0 aliphatic carbocycles. The van der Waals surface area contributed by atoms with Crippen molar-refractivity contribution in [2.45, 2.75) is 52.4 Å². The molecule has 1 unspecified atom stereocenters. The van der Waals surface area contributed by atoms with Gasteiger partial charge >= 0.3 is 18.1 Å². The molecule has 0 radical (unpaired) electrons. The van der Waals surface area contributed by atoms with Crippen LogP contribution in [0.4, 0.5) is 15.3 Å². The van der Waals surface area contributed by atoms with Crippen molar-refractivity contribution in [1.29, 1.82) is 0 Å². The Morgan fingerprint density at radius 2 is 1.67 bits per heavy atom. The number of amides is 3. The maximum absolute atomic E-state index is 13.4. The van der Waals surface area contributed by atoms with Crippen LogP contribution < -0.4 is 10.1 Å². The lowest BCUT2D eigenvalue weighted by molar-refractivity contribution is -0.152. The van der Waals surface area contributed by atoms with Crippen LogP contribution in [0.25, 0.3) is 11.3 Å². The molecule has 0 aliphatic rings. The van der Waals surface area contributed by atoms with Crippen LogP contribution in [-0.4, -0.2) is 38.9 Å². The van der Waals surface area contributed by atoms with Gasteiger partial charge in [-0.2, -0.15) is 0 Å². The number of anilines is 1. The minimum atomic E-state index is -1.38. The maximum atomic E-state index is 13.4. The highest BCUT2D eigenvalue weighted by atomic mass is 16.6. The summed E-state index contributed by atoms with van der Waals surface area (Å²) in [5.74, 6) is -0.382. The Morgan fingerprint density at radius 3 is 2.29 bits per heavy atom. The van der Waals surface area contributed by atoms with Crippen molar-refractivity contribution >= 4 is 23.8 Å². The summed E-state index contributed by atoms with van der Waals surface area (Å²) in [6.45, 7) is 6.70. The number of benzene rings is 3. The Kier molecular flexibility index (Phi) is 9.26. The Bertz CT molecular complexity index is 1510. The van der Waals surface area contributed by atoms with Crippen molar-refractivity contribution in [3.63, 3.8) is 0 Å². The molecule has 0 fully saturated rings. The van der Waals surface area contributed by atoms with Gasteiger partial charge in [0.1, 0.15) is 11.4 Å². The molecule has 1 aromatic heterocycles. The van der Waals surface area contributed by atoms with E-state index < -0.39 is 29.8 Å². The van der Waals surface area contributed by atoms with E-state index in [9.17, 15) is 19.5 Å². The standard InChI is InChI=1S/C32H33N3O7/c1-5-27(28-19-26(34-42-28)23-13-17-25(18-14-23)41-32(3,4)29(36)37)40-31(39)35(20-22-9-7-6-8-10-22)30(38)33-24-15-11-21(2)12-16-24/h6-19,27H,5,20H2,1-4H3,(H,33,38)(H,36,37). The molecule has 3 aromatic carbocycles. The molecule has 0 saturated carbocycles. The first-order valence-corrected chi connectivity index (χ1v) is 13.4. The molecule has 0 spiro atoms. The fraction of sp³-hybridized carbons (Fsp3) is 0.250. The molecule has 0 bridgehead atoms. The van der Waals surface area contributed by atoms with Gasteiger partial charge in [-0.1, -0.05) is 60.1 Å². The number of hydrogen-bond donors (Lipinski definition) is 2. The fourth-order valence-corrected chi connectivity index (χ4v) is 3.95. The monoisotopic (exact) mass is 571 g/mol. The summed E-state index contributed by atoms with van der Waals surface area (Å²) in [7, 11) is 0. The molecule has 2 N–H and O–H groups in total. The summed E-state index contributed by atoms with van der Waals surface area (Å²) in [6, 6.07) is 24.1. The van der Waals surface area contributed by atoms with E-state index in [1.807, 2.05) is 56.3 Å². The average Bonchev–Trinajstić information content (AvgIpc) is 3.46. The number of carbonyl (C=O) groups excluding carboxylic acids is 2. The van der Waals surface area contributed by atoms with Gasteiger partial charge < -0.3 is 24.4 Å². The number of rotatable bonds is 10. The predicted molar refractivity (Wildman–Crippen MR) is 156 cm³/mol. The minimum absolute atomic E-state index is 0.00254. The zero-order valence-corrected chi connectivity index (χ0v) is 23.9. The lowest BCUT2D eigenvalue weighted by atomic mass is 10.1. The van der Waals surface area contributed by atoms with Gasteiger partial charge in [0.25, 0.3) is 0 Å².